The molecule has 1 aromatic heterocycles. The van der Waals surface area contributed by atoms with Crippen LogP contribution in [0.3, 0.4) is 0 Å². The molecule has 1 atom stereocenters. The molecule has 0 spiro atoms. The quantitative estimate of drug-likeness (QED) is 0.886. The standard InChI is InChI=1S/C12H11F2NO3S2/c13-9-3-10(14)5-11(4-9)20(17,18)15-6-12(16)8-1-2-19-7-8/h1-5,7,12,15-16H,6H2. The Labute approximate surface area is 118 Å². The topological polar surface area (TPSA) is 66.4 Å². The lowest BCUT2D eigenvalue weighted by molar-refractivity contribution is 0.182. The second-order valence-electron chi connectivity index (χ2n) is 4.03. The maximum atomic E-state index is 13.0. The third-order valence-corrected chi connectivity index (χ3v) is 4.65. The van der Waals surface area contributed by atoms with Crippen LogP contribution in [0.4, 0.5) is 8.78 Å². The van der Waals surface area contributed by atoms with E-state index in [1.807, 2.05) is 0 Å². The summed E-state index contributed by atoms with van der Waals surface area (Å²) in [6.45, 7) is -0.281. The van der Waals surface area contributed by atoms with E-state index in [2.05, 4.69) is 4.72 Å². The summed E-state index contributed by atoms with van der Waals surface area (Å²) in [6, 6.07) is 3.66. The number of nitrogens with one attached hydrogen (secondary N) is 1. The number of benzene rings is 1. The van der Waals surface area contributed by atoms with Crippen molar-refractivity contribution in [3.05, 3.63) is 52.2 Å². The first kappa shape index (κ1) is 15.0. The fourth-order valence-corrected chi connectivity index (χ4v) is 3.32. The molecule has 0 radical (unpaired) electrons. The molecule has 1 aromatic carbocycles. The van der Waals surface area contributed by atoms with E-state index in [1.165, 1.54) is 11.3 Å². The molecule has 0 amide bonds. The van der Waals surface area contributed by atoms with Crippen molar-refractivity contribution in [3.63, 3.8) is 0 Å². The normalized spacial score (nSPS) is 13.3. The fraction of sp³-hybridized carbons (Fsp3) is 0.167. The lowest BCUT2D eigenvalue weighted by Crippen LogP contribution is -2.28. The minimum absolute atomic E-state index is 0.281. The van der Waals surface area contributed by atoms with Gasteiger partial charge in [0.1, 0.15) is 11.6 Å². The minimum atomic E-state index is -4.08. The molecule has 8 heteroatoms. The summed E-state index contributed by atoms with van der Waals surface area (Å²) in [4.78, 5) is -0.521. The van der Waals surface area contributed by atoms with Gasteiger partial charge in [0.05, 0.1) is 11.0 Å². The minimum Gasteiger partial charge on any atom is -0.387 e. The molecule has 4 nitrogen and oxygen atoms in total. The largest absolute Gasteiger partial charge is 0.387 e. The molecule has 0 aliphatic carbocycles. The average Bonchev–Trinajstić information content (AvgIpc) is 2.88. The Morgan fingerprint density at radius 2 is 1.90 bits per heavy atom. The Morgan fingerprint density at radius 1 is 1.25 bits per heavy atom. The highest BCUT2D eigenvalue weighted by atomic mass is 32.2. The number of hydrogen-bond donors (Lipinski definition) is 2. The van der Waals surface area contributed by atoms with Crippen LogP contribution < -0.4 is 4.72 Å². The van der Waals surface area contributed by atoms with Gasteiger partial charge in [0.25, 0.3) is 0 Å². The third-order valence-electron chi connectivity index (χ3n) is 2.54. The average molecular weight is 319 g/mol. The van der Waals surface area contributed by atoms with Crippen LogP contribution in [-0.2, 0) is 10.0 Å². The molecule has 0 saturated heterocycles. The number of aliphatic hydroxyl groups excluding tert-OH is 1. The summed E-state index contributed by atoms with van der Waals surface area (Å²) in [7, 11) is -4.08. The zero-order valence-corrected chi connectivity index (χ0v) is 11.7. The first-order valence-corrected chi connectivity index (χ1v) is 7.97. The number of hydrogen-bond acceptors (Lipinski definition) is 4. The summed E-state index contributed by atoms with van der Waals surface area (Å²) >= 11 is 1.37. The Hall–Kier alpha value is -1.35. The van der Waals surface area contributed by atoms with Crippen LogP contribution in [0, 0.1) is 11.6 Å². The Morgan fingerprint density at radius 3 is 2.45 bits per heavy atom. The van der Waals surface area contributed by atoms with Gasteiger partial charge in [-0.2, -0.15) is 11.3 Å². The number of rotatable bonds is 5. The van der Waals surface area contributed by atoms with Gasteiger partial charge in [-0.3, -0.25) is 0 Å². The van der Waals surface area contributed by atoms with Crippen LogP contribution in [0.2, 0.25) is 0 Å². The summed E-state index contributed by atoms with van der Waals surface area (Å²) in [6.07, 6.45) is -1.02. The maximum absolute atomic E-state index is 13.0. The number of thiophene rings is 1. The second kappa shape index (κ2) is 5.96. The van der Waals surface area contributed by atoms with E-state index in [-0.39, 0.29) is 6.54 Å². The van der Waals surface area contributed by atoms with Crippen LogP contribution in [0.1, 0.15) is 11.7 Å². The SMILES string of the molecule is O=S(=O)(NCC(O)c1ccsc1)c1cc(F)cc(F)c1. The van der Waals surface area contributed by atoms with Crippen molar-refractivity contribution < 1.29 is 22.3 Å². The molecule has 0 fully saturated rings. The van der Waals surface area contributed by atoms with Crippen LogP contribution in [-0.4, -0.2) is 20.1 Å². The number of sulfonamides is 1. The van der Waals surface area contributed by atoms with Gasteiger partial charge in [-0.05, 0) is 34.5 Å². The van der Waals surface area contributed by atoms with E-state index in [0.29, 0.717) is 23.8 Å². The zero-order valence-electron chi connectivity index (χ0n) is 10.1. The molecule has 2 aromatic rings. The van der Waals surface area contributed by atoms with Crippen molar-refractivity contribution in [2.24, 2.45) is 0 Å². The van der Waals surface area contributed by atoms with Crippen molar-refractivity contribution in [3.8, 4) is 0 Å². The number of halogens is 2. The van der Waals surface area contributed by atoms with E-state index in [9.17, 15) is 22.3 Å². The predicted octanol–water partition coefficient (Wildman–Crippen LogP) is 2.04. The van der Waals surface area contributed by atoms with Crippen molar-refractivity contribution in [1.82, 2.24) is 4.72 Å². The Kier molecular flexibility index (Phi) is 4.48. The van der Waals surface area contributed by atoms with Crippen molar-refractivity contribution in [2.45, 2.75) is 11.0 Å². The number of aliphatic hydroxyl groups is 1. The molecule has 1 heterocycles. The van der Waals surface area contributed by atoms with Gasteiger partial charge in [-0.1, -0.05) is 0 Å². The van der Waals surface area contributed by atoms with E-state index < -0.39 is 32.7 Å². The first-order valence-electron chi connectivity index (χ1n) is 5.54. The molecule has 0 saturated carbocycles. The molecular weight excluding hydrogens is 308 g/mol. The molecule has 2 N–H and O–H groups in total. The van der Waals surface area contributed by atoms with Crippen molar-refractivity contribution >= 4 is 21.4 Å². The summed E-state index contributed by atoms with van der Waals surface area (Å²) < 4.78 is 51.8. The van der Waals surface area contributed by atoms with Gasteiger partial charge in [0.15, 0.2) is 0 Å². The molecule has 108 valence electrons. The molecule has 0 aliphatic heterocycles. The Bertz CT molecular complexity index is 666. The van der Waals surface area contributed by atoms with Gasteiger partial charge in [0, 0.05) is 12.6 Å². The summed E-state index contributed by atoms with van der Waals surface area (Å²) in [5, 5.41) is 13.2. The molecule has 0 bridgehead atoms. The highest BCUT2D eigenvalue weighted by molar-refractivity contribution is 7.89. The van der Waals surface area contributed by atoms with Crippen LogP contribution in [0.5, 0.6) is 0 Å². The lowest BCUT2D eigenvalue weighted by Gasteiger charge is -2.11. The Balaban J connectivity index is 2.11. The van der Waals surface area contributed by atoms with E-state index in [1.54, 1.807) is 16.8 Å². The summed E-state index contributed by atoms with van der Waals surface area (Å²) in [5.41, 5.74) is 0.572. The van der Waals surface area contributed by atoms with Gasteiger partial charge in [-0.15, -0.1) is 0 Å². The fourth-order valence-electron chi connectivity index (χ4n) is 1.54. The van der Waals surface area contributed by atoms with Gasteiger partial charge in [-0.25, -0.2) is 21.9 Å². The molecule has 0 aliphatic rings. The summed E-state index contributed by atoms with van der Waals surface area (Å²) in [5.74, 6) is -1.97. The molecule has 1 unspecified atom stereocenters. The lowest BCUT2D eigenvalue weighted by atomic mass is 10.2. The molecular formula is C12H11F2NO3S2. The van der Waals surface area contributed by atoms with Crippen LogP contribution in [0.15, 0.2) is 39.9 Å². The van der Waals surface area contributed by atoms with Crippen molar-refractivity contribution in [2.75, 3.05) is 6.54 Å². The highest BCUT2D eigenvalue weighted by Gasteiger charge is 2.18. The van der Waals surface area contributed by atoms with E-state index in [0.717, 1.165) is 0 Å². The maximum Gasteiger partial charge on any atom is 0.240 e. The van der Waals surface area contributed by atoms with Gasteiger partial charge in [0.2, 0.25) is 10.0 Å². The first-order chi connectivity index (χ1) is 9.38. The van der Waals surface area contributed by atoms with Crippen LogP contribution in [0.25, 0.3) is 0 Å². The predicted molar refractivity (Wildman–Crippen MR) is 70.8 cm³/mol. The van der Waals surface area contributed by atoms with Crippen LogP contribution >= 0.6 is 11.3 Å². The van der Waals surface area contributed by atoms with E-state index >= 15 is 0 Å². The molecule has 20 heavy (non-hydrogen) atoms. The second-order valence-corrected chi connectivity index (χ2v) is 6.58. The smallest absolute Gasteiger partial charge is 0.240 e. The van der Waals surface area contributed by atoms with Gasteiger partial charge >= 0.3 is 0 Å². The monoisotopic (exact) mass is 319 g/mol. The zero-order chi connectivity index (χ0) is 14.8. The van der Waals surface area contributed by atoms with Gasteiger partial charge < -0.3 is 5.11 Å². The third kappa shape index (κ3) is 3.60. The highest BCUT2D eigenvalue weighted by Crippen LogP contribution is 2.17. The van der Waals surface area contributed by atoms with E-state index in [4.69, 9.17) is 0 Å². The van der Waals surface area contributed by atoms with Crippen molar-refractivity contribution in [1.29, 1.82) is 0 Å². The molecule has 2 rings (SSSR count).